The highest BCUT2D eigenvalue weighted by Gasteiger charge is 2.22. The molecule has 1 aliphatic carbocycles. The van der Waals surface area contributed by atoms with Crippen LogP contribution in [0.3, 0.4) is 0 Å². The molecule has 2 aliphatic rings. The van der Waals surface area contributed by atoms with Gasteiger partial charge in [-0.2, -0.15) is 0 Å². The summed E-state index contributed by atoms with van der Waals surface area (Å²) in [6, 6.07) is 11.4. The van der Waals surface area contributed by atoms with Crippen molar-refractivity contribution < 1.29 is 13.9 Å². The van der Waals surface area contributed by atoms with Crippen LogP contribution in [0.1, 0.15) is 50.3 Å². The fraction of sp³-hybridized carbons (Fsp3) is 0.448. The van der Waals surface area contributed by atoms with Gasteiger partial charge in [0.2, 0.25) is 5.88 Å². The zero-order chi connectivity index (χ0) is 24.9. The average Bonchev–Trinajstić information content (AvgIpc) is 3.05. The molecule has 2 unspecified atom stereocenters. The number of ether oxygens (including phenoxy) is 2. The SMILES string of the molecule is C=C(C)c1c(O/C(N)=C(\F)C(C)Nc2ccc(N3CCOCC3)cc2)ccc2c1CCC(C)CC2. The predicted molar refractivity (Wildman–Crippen MR) is 142 cm³/mol. The Hall–Kier alpha value is -2.99. The van der Waals surface area contributed by atoms with E-state index >= 15 is 4.39 Å². The number of morpholine rings is 1. The largest absolute Gasteiger partial charge is 0.438 e. The first-order chi connectivity index (χ1) is 16.8. The molecule has 0 saturated carbocycles. The van der Waals surface area contributed by atoms with Crippen LogP contribution in [0.25, 0.3) is 5.57 Å². The maximum Gasteiger partial charge on any atom is 0.224 e. The van der Waals surface area contributed by atoms with E-state index < -0.39 is 11.9 Å². The quantitative estimate of drug-likeness (QED) is 0.374. The maximum absolute atomic E-state index is 15.2. The zero-order valence-electron chi connectivity index (χ0n) is 21.2. The third kappa shape index (κ3) is 5.99. The minimum Gasteiger partial charge on any atom is -0.438 e. The van der Waals surface area contributed by atoms with Gasteiger partial charge in [0.1, 0.15) is 5.75 Å². The molecule has 0 bridgehead atoms. The van der Waals surface area contributed by atoms with Crippen molar-refractivity contribution in [1.29, 1.82) is 0 Å². The van der Waals surface area contributed by atoms with Crippen LogP contribution in [0.2, 0.25) is 0 Å². The van der Waals surface area contributed by atoms with E-state index in [-0.39, 0.29) is 5.88 Å². The molecule has 6 heteroatoms. The molecule has 5 nitrogen and oxygen atoms in total. The van der Waals surface area contributed by atoms with Crippen LogP contribution >= 0.6 is 0 Å². The number of allylic oxidation sites excluding steroid dienone is 1. The zero-order valence-corrected chi connectivity index (χ0v) is 21.2. The van der Waals surface area contributed by atoms with Gasteiger partial charge in [-0.1, -0.05) is 19.6 Å². The molecule has 1 aliphatic heterocycles. The second-order valence-electron chi connectivity index (χ2n) is 9.87. The van der Waals surface area contributed by atoms with Crippen molar-refractivity contribution in [2.45, 2.75) is 52.5 Å². The molecule has 0 amide bonds. The van der Waals surface area contributed by atoms with Crippen molar-refractivity contribution >= 4 is 16.9 Å². The molecule has 188 valence electrons. The lowest BCUT2D eigenvalue weighted by Gasteiger charge is -2.29. The van der Waals surface area contributed by atoms with Crippen molar-refractivity contribution in [3.8, 4) is 5.75 Å². The Morgan fingerprint density at radius 3 is 2.51 bits per heavy atom. The van der Waals surface area contributed by atoms with E-state index in [0.717, 1.165) is 68.1 Å². The molecular weight excluding hydrogens is 441 g/mol. The van der Waals surface area contributed by atoms with Crippen LogP contribution in [-0.4, -0.2) is 32.3 Å². The standard InChI is InChI=1S/C29H38FN3O2/c1-19(2)27-25-13-6-20(3)5-7-22(25)8-14-26(27)35-29(31)28(30)21(4)32-23-9-11-24(12-10-23)33-15-17-34-18-16-33/h8-12,14,20-21,32H,1,5-7,13,15-18,31H2,2-4H3/b29-28-. The molecular formula is C29H38FN3O2. The molecule has 0 aromatic heterocycles. The summed E-state index contributed by atoms with van der Waals surface area (Å²) in [6.45, 7) is 13.4. The molecule has 3 N–H and O–H groups in total. The molecule has 0 spiro atoms. The smallest absolute Gasteiger partial charge is 0.224 e. The summed E-state index contributed by atoms with van der Waals surface area (Å²) in [5, 5.41) is 3.19. The third-order valence-corrected chi connectivity index (χ3v) is 7.05. The first-order valence-electron chi connectivity index (χ1n) is 12.7. The number of nitrogens with two attached hydrogens (primary N) is 1. The number of rotatable bonds is 7. The summed E-state index contributed by atoms with van der Waals surface area (Å²) < 4.78 is 26.6. The second-order valence-corrected chi connectivity index (χ2v) is 9.87. The van der Waals surface area contributed by atoms with E-state index in [0.29, 0.717) is 11.7 Å². The Kier molecular flexibility index (Phi) is 8.01. The Labute approximate surface area is 208 Å². The summed E-state index contributed by atoms with van der Waals surface area (Å²) in [5.74, 6) is 0.500. The number of hydrogen-bond donors (Lipinski definition) is 2. The van der Waals surface area contributed by atoms with E-state index in [1.807, 2.05) is 37.3 Å². The van der Waals surface area contributed by atoms with Gasteiger partial charge in [-0.25, -0.2) is 4.39 Å². The minimum atomic E-state index is -0.640. The number of nitrogens with zero attached hydrogens (tertiary/aromatic N) is 1. The highest BCUT2D eigenvalue weighted by molar-refractivity contribution is 5.72. The second kappa shape index (κ2) is 11.2. The number of hydrogen-bond acceptors (Lipinski definition) is 5. The number of nitrogens with one attached hydrogen (secondary N) is 1. The molecule has 1 heterocycles. The lowest BCUT2D eigenvalue weighted by molar-refractivity contribution is 0.122. The molecule has 35 heavy (non-hydrogen) atoms. The van der Waals surface area contributed by atoms with Gasteiger partial charge in [-0.15, -0.1) is 0 Å². The summed E-state index contributed by atoms with van der Waals surface area (Å²) in [6.07, 6.45) is 4.32. The van der Waals surface area contributed by atoms with E-state index in [2.05, 4.69) is 29.8 Å². The third-order valence-electron chi connectivity index (χ3n) is 7.05. The first kappa shape index (κ1) is 25.1. The fourth-order valence-electron chi connectivity index (χ4n) is 4.96. The number of aryl methyl sites for hydroxylation is 1. The van der Waals surface area contributed by atoms with Crippen molar-refractivity contribution in [2.24, 2.45) is 11.7 Å². The molecule has 1 fully saturated rings. The van der Waals surface area contributed by atoms with Crippen LogP contribution < -0.4 is 20.7 Å². The molecule has 2 atom stereocenters. The average molecular weight is 480 g/mol. The van der Waals surface area contributed by atoms with Gasteiger partial charge < -0.3 is 25.4 Å². The molecule has 2 aromatic carbocycles. The van der Waals surface area contributed by atoms with Crippen LogP contribution in [0.4, 0.5) is 15.8 Å². The number of anilines is 2. The number of halogens is 1. The van der Waals surface area contributed by atoms with Gasteiger partial charge in [0, 0.05) is 30.0 Å². The van der Waals surface area contributed by atoms with Gasteiger partial charge in [0.15, 0.2) is 5.83 Å². The summed E-state index contributed by atoms with van der Waals surface area (Å²) in [7, 11) is 0. The molecule has 2 aromatic rings. The summed E-state index contributed by atoms with van der Waals surface area (Å²) in [5.41, 5.74) is 12.5. The monoisotopic (exact) mass is 479 g/mol. The van der Waals surface area contributed by atoms with Crippen LogP contribution in [0.5, 0.6) is 5.75 Å². The van der Waals surface area contributed by atoms with Gasteiger partial charge in [0.25, 0.3) is 0 Å². The normalized spacial score (nSPS) is 19.8. The molecule has 1 saturated heterocycles. The Morgan fingerprint density at radius 1 is 1.14 bits per heavy atom. The van der Waals surface area contributed by atoms with Crippen molar-refractivity contribution in [2.75, 3.05) is 36.5 Å². The summed E-state index contributed by atoms with van der Waals surface area (Å²) in [4.78, 5) is 2.28. The lowest BCUT2D eigenvalue weighted by Crippen LogP contribution is -2.36. The predicted octanol–water partition coefficient (Wildman–Crippen LogP) is 6.05. The molecule has 4 rings (SSSR count). The Balaban J connectivity index is 1.48. The van der Waals surface area contributed by atoms with Gasteiger partial charge in [0.05, 0.1) is 19.3 Å². The summed E-state index contributed by atoms with van der Waals surface area (Å²) >= 11 is 0. The maximum atomic E-state index is 15.2. The first-order valence-corrected chi connectivity index (χ1v) is 12.7. The van der Waals surface area contributed by atoms with Crippen LogP contribution in [-0.2, 0) is 17.6 Å². The fourth-order valence-corrected chi connectivity index (χ4v) is 4.96. The number of fused-ring (bicyclic) bond motifs is 1. The highest BCUT2D eigenvalue weighted by atomic mass is 19.1. The lowest BCUT2D eigenvalue weighted by atomic mass is 9.92. The van der Waals surface area contributed by atoms with E-state index in [4.69, 9.17) is 15.2 Å². The van der Waals surface area contributed by atoms with Gasteiger partial charge >= 0.3 is 0 Å². The van der Waals surface area contributed by atoms with Gasteiger partial charge in [-0.05, 0) is 92.5 Å². The Bertz CT molecular complexity index is 1070. The topological polar surface area (TPSA) is 59.8 Å². The van der Waals surface area contributed by atoms with Crippen LogP contribution in [0, 0.1) is 5.92 Å². The van der Waals surface area contributed by atoms with E-state index in [9.17, 15) is 0 Å². The van der Waals surface area contributed by atoms with Crippen molar-refractivity contribution in [3.05, 3.63) is 71.4 Å². The van der Waals surface area contributed by atoms with Crippen molar-refractivity contribution in [3.63, 3.8) is 0 Å². The van der Waals surface area contributed by atoms with Gasteiger partial charge in [-0.3, -0.25) is 0 Å². The highest BCUT2D eigenvalue weighted by Crippen LogP contribution is 2.36. The number of benzene rings is 2. The molecule has 0 radical (unpaired) electrons. The van der Waals surface area contributed by atoms with Crippen molar-refractivity contribution in [1.82, 2.24) is 0 Å². The van der Waals surface area contributed by atoms with E-state index in [1.165, 1.54) is 17.5 Å². The van der Waals surface area contributed by atoms with Crippen LogP contribution in [0.15, 0.2) is 54.7 Å². The minimum absolute atomic E-state index is 0.223. The van der Waals surface area contributed by atoms with E-state index in [1.54, 1.807) is 6.92 Å². The Morgan fingerprint density at radius 2 is 1.83 bits per heavy atom.